The Balaban J connectivity index is 1.68. The molecule has 2 aliphatic heterocycles. The molecule has 0 saturated heterocycles. The van der Waals surface area contributed by atoms with Crippen molar-refractivity contribution in [1.82, 2.24) is 0 Å². The maximum Gasteiger partial charge on any atom is 0.135 e. The summed E-state index contributed by atoms with van der Waals surface area (Å²) in [6.45, 7) is 4.59. The second-order valence-corrected chi connectivity index (χ2v) is 8.78. The van der Waals surface area contributed by atoms with Gasteiger partial charge in [0, 0.05) is 17.5 Å². The molecule has 1 N–H and O–H groups in total. The van der Waals surface area contributed by atoms with Gasteiger partial charge in [-0.1, -0.05) is 42.1 Å². The minimum absolute atomic E-state index is 0.0279. The maximum absolute atomic E-state index is 9.82. The molecule has 0 fully saturated rings. The maximum atomic E-state index is 9.82. The summed E-state index contributed by atoms with van der Waals surface area (Å²) in [5, 5.41) is 10.8. The van der Waals surface area contributed by atoms with E-state index in [9.17, 15) is 5.26 Å². The zero-order valence-corrected chi connectivity index (χ0v) is 17.0. The van der Waals surface area contributed by atoms with E-state index < -0.39 is 0 Å². The molecule has 0 bridgehead atoms. The number of quaternary nitrogens is 1. The van der Waals surface area contributed by atoms with Gasteiger partial charge in [0.25, 0.3) is 0 Å². The lowest BCUT2D eigenvalue weighted by molar-refractivity contribution is -0.828. The van der Waals surface area contributed by atoms with Crippen LogP contribution in [0.3, 0.4) is 0 Å². The lowest BCUT2D eigenvalue weighted by atomic mass is 9.80. The number of para-hydroxylation sites is 2. The van der Waals surface area contributed by atoms with E-state index in [4.69, 9.17) is 0 Å². The molecule has 4 rings (SSSR count). The van der Waals surface area contributed by atoms with Crippen molar-refractivity contribution in [1.29, 1.82) is 5.26 Å². The van der Waals surface area contributed by atoms with E-state index >= 15 is 0 Å². The summed E-state index contributed by atoms with van der Waals surface area (Å²) in [5.74, 6) is 0. The molecule has 0 radical (unpaired) electrons. The Hall–Kier alpha value is -2.48. The van der Waals surface area contributed by atoms with Crippen molar-refractivity contribution in [2.45, 2.75) is 30.2 Å². The van der Waals surface area contributed by atoms with Gasteiger partial charge < -0.3 is 4.90 Å². The second-order valence-electron chi connectivity index (χ2n) is 7.75. The molecule has 2 aromatic carbocycles. The van der Waals surface area contributed by atoms with Gasteiger partial charge in [-0.3, -0.25) is 4.90 Å². The van der Waals surface area contributed by atoms with Gasteiger partial charge in [-0.2, -0.15) is 5.26 Å². The van der Waals surface area contributed by atoms with Crippen LogP contribution < -0.4 is 9.80 Å². The van der Waals surface area contributed by atoms with Gasteiger partial charge in [0.2, 0.25) is 0 Å². The van der Waals surface area contributed by atoms with Crippen LogP contribution in [0.4, 0.5) is 11.4 Å². The van der Waals surface area contributed by atoms with E-state index in [1.54, 1.807) is 11.8 Å². The molecule has 2 aromatic rings. The van der Waals surface area contributed by atoms with Gasteiger partial charge in [-0.05, 0) is 44.2 Å². The number of fused-ring (bicyclic) bond motifs is 2. The lowest BCUT2D eigenvalue weighted by Crippen LogP contribution is -3.07. The van der Waals surface area contributed by atoms with Crippen LogP contribution in [0.1, 0.15) is 19.4 Å². The molecule has 0 aliphatic carbocycles. The number of nitrogens with one attached hydrogen (secondary N) is 1. The van der Waals surface area contributed by atoms with Gasteiger partial charge >= 0.3 is 0 Å². The van der Waals surface area contributed by atoms with Crippen LogP contribution in [-0.4, -0.2) is 20.1 Å². The quantitative estimate of drug-likeness (QED) is 0.806. The zero-order valence-electron chi connectivity index (χ0n) is 16.2. The van der Waals surface area contributed by atoms with Crippen molar-refractivity contribution in [2.75, 3.05) is 19.0 Å². The number of rotatable bonds is 2. The van der Waals surface area contributed by atoms with Crippen LogP contribution in [-0.2, 0) is 5.41 Å². The fraction of sp³-hybridized carbons (Fsp3) is 0.261. The fourth-order valence-corrected chi connectivity index (χ4v) is 5.46. The first-order chi connectivity index (χ1) is 12.9. The Morgan fingerprint density at radius 1 is 1.19 bits per heavy atom. The molecular formula is C23H24N3S+. The highest BCUT2D eigenvalue weighted by Crippen LogP contribution is 2.46. The summed E-state index contributed by atoms with van der Waals surface area (Å²) in [6.07, 6.45) is 4.24. The molecule has 0 amide bonds. The van der Waals surface area contributed by atoms with Crippen molar-refractivity contribution in [3.05, 3.63) is 76.8 Å². The Morgan fingerprint density at radius 3 is 2.59 bits per heavy atom. The molecule has 0 saturated carbocycles. The van der Waals surface area contributed by atoms with Crippen molar-refractivity contribution >= 4 is 23.1 Å². The number of hydrogen-bond donors (Lipinski definition) is 1. The number of nitrogens with zero attached hydrogens (tertiary/aromatic N) is 2. The third kappa shape index (κ3) is 2.79. The summed E-state index contributed by atoms with van der Waals surface area (Å²) in [6, 6.07) is 19.7. The summed E-state index contributed by atoms with van der Waals surface area (Å²) < 4.78 is 0. The summed E-state index contributed by atoms with van der Waals surface area (Å²) in [5.41, 5.74) is 4.65. The van der Waals surface area contributed by atoms with E-state index in [1.807, 2.05) is 25.3 Å². The van der Waals surface area contributed by atoms with E-state index in [2.05, 4.69) is 74.3 Å². The SMILES string of the molecule is CN1/C(=C(C#N)\C=C\C2[NH+](C)c3ccccc3C2(C)C)Sc2ccccc21. The predicted octanol–water partition coefficient (Wildman–Crippen LogP) is 4.03. The third-order valence-corrected chi connectivity index (χ3v) is 7.09. The Kier molecular flexibility index (Phi) is 4.38. The standard InChI is InChI=1S/C23H23N3S/c1-23(2)17-9-5-6-10-18(17)25(3)21(23)14-13-16(15-24)22-26(4)19-11-7-8-12-20(19)27-22/h5-14,21H,1-4H3/p+1/b14-13+,22-16-. The second kappa shape index (κ2) is 6.60. The average Bonchev–Trinajstić information content (AvgIpc) is 3.10. The summed E-state index contributed by atoms with van der Waals surface area (Å²) >= 11 is 1.67. The first-order valence-electron chi connectivity index (χ1n) is 9.21. The van der Waals surface area contributed by atoms with Crippen LogP contribution in [0.15, 0.2) is 76.2 Å². The van der Waals surface area contributed by atoms with Gasteiger partial charge in [-0.25, -0.2) is 0 Å². The number of anilines is 1. The van der Waals surface area contributed by atoms with E-state index in [-0.39, 0.29) is 11.5 Å². The number of benzene rings is 2. The van der Waals surface area contributed by atoms with Crippen molar-refractivity contribution < 1.29 is 4.90 Å². The van der Waals surface area contributed by atoms with Crippen LogP contribution in [0.25, 0.3) is 0 Å². The highest BCUT2D eigenvalue weighted by atomic mass is 32.2. The molecule has 0 spiro atoms. The van der Waals surface area contributed by atoms with Gasteiger partial charge in [0.05, 0.1) is 28.8 Å². The Labute approximate surface area is 165 Å². The minimum Gasteiger partial charge on any atom is -0.337 e. The van der Waals surface area contributed by atoms with E-state index in [1.165, 1.54) is 21.0 Å². The summed E-state index contributed by atoms with van der Waals surface area (Å²) in [4.78, 5) is 4.70. The molecule has 2 atom stereocenters. The molecule has 2 unspecified atom stereocenters. The van der Waals surface area contributed by atoms with Crippen molar-refractivity contribution in [2.24, 2.45) is 0 Å². The zero-order chi connectivity index (χ0) is 19.2. The third-order valence-electron chi connectivity index (χ3n) is 5.83. The smallest absolute Gasteiger partial charge is 0.135 e. The van der Waals surface area contributed by atoms with E-state index in [0.717, 1.165) is 16.3 Å². The molecule has 2 aliphatic rings. The molecule has 27 heavy (non-hydrogen) atoms. The van der Waals surface area contributed by atoms with Crippen LogP contribution in [0, 0.1) is 11.3 Å². The Morgan fingerprint density at radius 2 is 1.89 bits per heavy atom. The topological polar surface area (TPSA) is 31.5 Å². The highest BCUT2D eigenvalue weighted by Gasteiger charge is 2.46. The Bertz CT molecular complexity index is 997. The van der Waals surface area contributed by atoms with Crippen LogP contribution in [0.2, 0.25) is 0 Å². The van der Waals surface area contributed by atoms with Gasteiger partial charge in [-0.15, -0.1) is 0 Å². The number of thioether (sulfide) groups is 1. The van der Waals surface area contributed by atoms with E-state index in [0.29, 0.717) is 0 Å². The molecular weight excluding hydrogens is 350 g/mol. The average molecular weight is 375 g/mol. The highest BCUT2D eigenvalue weighted by molar-refractivity contribution is 8.03. The molecule has 2 heterocycles. The minimum atomic E-state index is 0.0279. The van der Waals surface area contributed by atoms with Gasteiger partial charge in [0.1, 0.15) is 17.8 Å². The molecule has 3 nitrogen and oxygen atoms in total. The lowest BCUT2D eigenvalue weighted by Gasteiger charge is -2.25. The number of nitriles is 1. The number of likely N-dealkylation sites (N-methyl/N-ethyl adjacent to an activating group) is 1. The van der Waals surface area contributed by atoms with Crippen LogP contribution >= 0.6 is 11.8 Å². The number of hydrogen-bond acceptors (Lipinski definition) is 3. The van der Waals surface area contributed by atoms with Gasteiger partial charge in [0.15, 0.2) is 0 Å². The largest absolute Gasteiger partial charge is 0.337 e. The van der Waals surface area contributed by atoms with Crippen molar-refractivity contribution in [3.63, 3.8) is 0 Å². The van der Waals surface area contributed by atoms with Crippen LogP contribution in [0.5, 0.6) is 0 Å². The monoisotopic (exact) mass is 374 g/mol. The molecule has 136 valence electrons. The number of allylic oxidation sites excluding steroid dienone is 2. The fourth-order valence-electron chi connectivity index (χ4n) is 4.34. The first-order valence-corrected chi connectivity index (χ1v) is 10.0. The van der Waals surface area contributed by atoms with Crippen molar-refractivity contribution in [3.8, 4) is 6.07 Å². The molecule has 0 aromatic heterocycles. The normalized spacial score (nSPS) is 24.6. The molecule has 4 heteroatoms. The summed E-state index contributed by atoms with van der Waals surface area (Å²) in [7, 11) is 4.25. The predicted molar refractivity (Wildman–Crippen MR) is 112 cm³/mol. The first kappa shape index (κ1) is 17.9.